The summed E-state index contributed by atoms with van der Waals surface area (Å²) in [5.74, 6) is -1.83. The molecular formula is C7H11ClF4O2. The van der Waals surface area contributed by atoms with E-state index in [1.165, 1.54) is 6.92 Å². The van der Waals surface area contributed by atoms with Gasteiger partial charge in [0.15, 0.2) is 0 Å². The molecule has 14 heavy (non-hydrogen) atoms. The molecule has 0 aliphatic heterocycles. The molecule has 1 unspecified atom stereocenters. The molecule has 0 radical (unpaired) electrons. The molecule has 0 saturated carbocycles. The Morgan fingerprint density at radius 2 is 1.93 bits per heavy atom. The van der Waals surface area contributed by atoms with Crippen LogP contribution in [0.1, 0.15) is 26.2 Å². The summed E-state index contributed by atoms with van der Waals surface area (Å²) in [4.78, 5) is 13.0. The Kier molecular flexibility index (Phi) is 7.81. The third-order valence-electron chi connectivity index (χ3n) is 1.51. The number of carbonyl (C=O) groups is 1. The molecular weight excluding hydrogens is 228 g/mol. The van der Waals surface area contributed by atoms with Crippen LogP contribution in [-0.4, -0.2) is 12.1 Å². The highest BCUT2D eigenvalue weighted by atomic mass is 35.5. The van der Waals surface area contributed by atoms with E-state index in [1.54, 1.807) is 0 Å². The van der Waals surface area contributed by atoms with Crippen molar-refractivity contribution < 1.29 is 27.4 Å². The summed E-state index contributed by atoms with van der Waals surface area (Å²) >= 11 is 0. The summed E-state index contributed by atoms with van der Waals surface area (Å²) in [5, 5.41) is 0. The van der Waals surface area contributed by atoms with Gasteiger partial charge in [0.05, 0.1) is 0 Å². The van der Waals surface area contributed by atoms with Crippen LogP contribution in [0.2, 0.25) is 0 Å². The van der Waals surface area contributed by atoms with Crippen molar-refractivity contribution in [3.8, 4) is 0 Å². The van der Waals surface area contributed by atoms with Gasteiger partial charge >= 0.3 is 12.1 Å². The molecule has 0 saturated heterocycles. The summed E-state index contributed by atoms with van der Waals surface area (Å²) in [6, 6.07) is 0. The Balaban J connectivity index is 0. The van der Waals surface area contributed by atoms with E-state index >= 15 is 0 Å². The first-order valence-corrected chi connectivity index (χ1v) is 3.73. The molecule has 0 rings (SSSR count). The maximum atomic E-state index is 11.7. The van der Waals surface area contributed by atoms with Crippen molar-refractivity contribution in [1.82, 2.24) is 0 Å². The van der Waals surface area contributed by atoms with Crippen molar-refractivity contribution in [1.29, 1.82) is 0 Å². The first-order valence-electron chi connectivity index (χ1n) is 3.73. The van der Waals surface area contributed by atoms with Gasteiger partial charge in [0, 0.05) is 17.4 Å². The van der Waals surface area contributed by atoms with Gasteiger partial charge in [0.1, 0.15) is 0 Å². The predicted molar refractivity (Wildman–Crippen MR) is 43.5 cm³/mol. The first-order chi connectivity index (χ1) is 5.85. The molecule has 0 aromatic rings. The smallest absolute Gasteiger partial charge is 0.255 e. The topological polar surface area (TPSA) is 26.3 Å². The van der Waals surface area contributed by atoms with Gasteiger partial charge in [0.2, 0.25) is 0 Å². The maximum Gasteiger partial charge on any atom is 0.389 e. The molecule has 0 N–H and O–H groups in total. The van der Waals surface area contributed by atoms with E-state index in [0.717, 1.165) is 0 Å². The number of hydrogen-bond acceptors (Lipinski definition) is 2. The Hall–Kier alpha value is -0.520. The van der Waals surface area contributed by atoms with Gasteiger partial charge in [-0.05, 0) is 12.3 Å². The minimum atomic E-state index is -4.24. The van der Waals surface area contributed by atoms with Crippen LogP contribution in [0.15, 0.2) is 0 Å². The van der Waals surface area contributed by atoms with Crippen molar-refractivity contribution in [2.45, 2.75) is 32.4 Å². The van der Waals surface area contributed by atoms with Gasteiger partial charge in [-0.3, -0.25) is 4.94 Å². The quantitative estimate of drug-likeness (QED) is 0.703. The average molecular weight is 239 g/mol. The number of alkyl halides is 3. The fourth-order valence-electron chi connectivity index (χ4n) is 0.900. The minimum absolute atomic E-state index is 0. The third kappa shape index (κ3) is 9.57. The first kappa shape index (κ1) is 15.9. The Bertz CT molecular complexity index is 172. The molecule has 0 fully saturated rings. The van der Waals surface area contributed by atoms with Crippen LogP contribution in [0.4, 0.5) is 17.7 Å². The molecule has 7 heteroatoms. The van der Waals surface area contributed by atoms with E-state index in [4.69, 9.17) is 0 Å². The fourth-order valence-corrected chi connectivity index (χ4v) is 0.900. The van der Waals surface area contributed by atoms with Crippen LogP contribution < -0.4 is 0 Å². The summed E-state index contributed by atoms with van der Waals surface area (Å²) in [7, 11) is 0. The molecule has 0 aromatic carbocycles. The molecule has 0 heterocycles. The SMILES string of the molecule is CC(CCC(=O)OF)CC(F)(F)F.Cl. The highest BCUT2D eigenvalue weighted by Crippen LogP contribution is 2.26. The number of hydrogen-bond donors (Lipinski definition) is 0. The van der Waals surface area contributed by atoms with E-state index < -0.39 is 24.5 Å². The molecule has 1 atom stereocenters. The van der Waals surface area contributed by atoms with Crippen molar-refractivity contribution in [2.75, 3.05) is 0 Å². The van der Waals surface area contributed by atoms with Gasteiger partial charge < -0.3 is 0 Å². The maximum absolute atomic E-state index is 11.7. The Labute approximate surface area is 84.9 Å². The van der Waals surface area contributed by atoms with Crippen molar-refractivity contribution in [3.05, 3.63) is 0 Å². The monoisotopic (exact) mass is 238 g/mol. The Morgan fingerprint density at radius 3 is 2.29 bits per heavy atom. The van der Waals surface area contributed by atoms with Gasteiger partial charge in [0.25, 0.3) is 0 Å². The van der Waals surface area contributed by atoms with Crippen molar-refractivity contribution in [2.24, 2.45) is 5.92 Å². The fraction of sp³-hybridized carbons (Fsp3) is 0.857. The van der Waals surface area contributed by atoms with Gasteiger partial charge in [-0.2, -0.15) is 13.2 Å². The van der Waals surface area contributed by atoms with E-state index in [9.17, 15) is 22.5 Å². The predicted octanol–water partition coefficient (Wildman–Crippen LogP) is 3.20. The van der Waals surface area contributed by atoms with Crippen LogP contribution in [0.25, 0.3) is 0 Å². The van der Waals surface area contributed by atoms with Crippen LogP contribution in [0.5, 0.6) is 0 Å². The van der Waals surface area contributed by atoms with E-state index in [1.807, 2.05) is 0 Å². The van der Waals surface area contributed by atoms with Crippen molar-refractivity contribution >= 4 is 18.4 Å². The lowest BCUT2D eigenvalue weighted by Crippen LogP contribution is -2.14. The molecule has 0 aromatic heterocycles. The summed E-state index contributed by atoms with van der Waals surface area (Å²) in [5.41, 5.74) is 0. The standard InChI is InChI=1S/C7H10F4O2.ClH/c1-5(4-7(8,9)10)2-3-6(12)13-11;/h5H,2-4H2,1H3;1H. The second-order valence-corrected chi connectivity index (χ2v) is 2.91. The summed E-state index contributed by atoms with van der Waals surface area (Å²) in [6.45, 7) is 1.35. The van der Waals surface area contributed by atoms with Crippen LogP contribution in [-0.2, 0) is 9.74 Å². The molecule has 0 amide bonds. The second kappa shape index (κ2) is 6.86. The highest BCUT2D eigenvalue weighted by Gasteiger charge is 2.29. The van der Waals surface area contributed by atoms with Crippen LogP contribution in [0.3, 0.4) is 0 Å². The number of carbonyl (C=O) groups excluding carboxylic acids is 1. The lowest BCUT2D eigenvalue weighted by Gasteiger charge is -2.12. The zero-order valence-electron chi connectivity index (χ0n) is 7.44. The molecule has 86 valence electrons. The van der Waals surface area contributed by atoms with Gasteiger partial charge in [-0.1, -0.05) is 6.92 Å². The van der Waals surface area contributed by atoms with E-state index in [2.05, 4.69) is 4.94 Å². The lowest BCUT2D eigenvalue weighted by molar-refractivity contribution is -0.184. The molecule has 0 bridgehead atoms. The molecule has 0 aliphatic rings. The zero-order valence-corrected chi connectivity index (χ0v) is 8.25. The van der Waals surface area contributed by atoms with E-state index in [0.29, 0.717) is 0 Å². The van der Waals surface area contributed by atoms with E-state index in [-0.39, 0.29) is 25.2 Å². The molecule has 0 aliphatic carbocycles. The average Bonchev–Trinajstić information content (AvgIpc) is 1.97. The largest absolute Gasteiger partial charge is 0.389 e. The zero-order chi connectivity index (χ0) is 10.5. The Morgan fingerprint density at radius 1 is 1.43 bits per heavy atom. The lowest BCUT2D eigenvalue weighted by atomic mass is 10.0. The number of rotatable bonds is 4. The van der Waals surface area contributed by atoms with Crippen LogP contribution in [0, 0.1) is 5.92 Å². The summed E-state index contributed by atoms with van der Waals surface area (Å²) in [6.07, 6.45) is -5.55. The summed E-state index contributed by atoms with van der Waals surface area (Å²) < 4.78 is 46.3. The van der Waals surface area contributed by atoms with Crippen molar-refractivity contribution in [3.63, 3.8) is 0 Å². The number of halogens is 5. The molecule has 2 nitrogen and oxygen atoms in total. The van der Waals surface area contributed by atoms with Gasteiger partial charge in [-0.25, -0.2) is 4.79 Å². The minimum Gasteiger partial charge on any atom is -0.255 e. The second-order valence-electron chi connectivity index (χ2n) is 2.91. The highest BCUT2D eigenvalue weighted by molar-refractivity contribution is 5.85. The van der Waals surface area contributed by atoms with Crippen LogP contribution >= 0.6 is 12.4 Å². The normalized spacial score (nSPS) is 12.9. The van der Waals surface area contributed by atoms with Gasteiger partial charge in [-0.15, -0.1) is 12.4 Å². The molecule has 0 spiro atoms. The third-order valence-corrected chi connectivity index (χ3v) is 1.51.